The molecule has 0 fully saturated rings. The third-order valence-electron chi connectivity index (χ3n) is 2.86. The first-order valence-corrected chi connectivity index (χ1v) is 6.35. The first kappa shape index (κ1) is 15.4. The predicted molar refractivity (Wildman–Crippen MR) is 66.7 cm³/mol. The number of hydrogen-bond acceptors (Lipinski definition) is 2. The molecule has 4 heteroatoms. The van der Waals surface area contributed by atoms with Gasteiger partial charge in [-0.05, 0) is 12.8 Å². The molecule has 1 amide bonds. The third-order valence-corrected chi connectivity index (χ3v) is 2.86. The van der Waals surface area contributed by atoms with Crippen molar-refractivity contribution >= 4 is 5.91 Å². The molecule has 0 aliphatic heterocycles. The Balaban J connectivity index is 4.11. The summed E-state index contributed by atoms with van der Waals surface area (Å²) >= 11 is 0. The standard InChI is InChI=1S/C12H26N2O2/c1-4-6-9-14(16,10-7-5-2)11-8-12(15)13-3/h4-11H2,1-3H3,(H,13,15). The van der Waals surface area contributed by atoms with E-state index in [2.05, 4.69) is 19.2 Å². The van der Waals surface area contributed by atoms with Crippen molar-refractivity contribution in [3.63, 3.8) is 0 Å². The van der Waals surface area contributed by atoms with Gasteiger partial charge in [0.2, 0.25) is 5.91 Å². The molecule has 1 N–H and O–H groups in total. The highest BCUT2D eigenvalue weighted by molar-refractivity contribution is 5.75. The number of amides is 1. The van der Waals surface area contributed by atoms with Crippen LogP contribution in [0.4, 0.5) is 0 Å². The van der Waals surface area contributed by atoms with E-state index < -0.39 is 0 Å². The summed E-state index contributed by atoms with van der Waals surface area (Å²) in [6.45, 7) is 5.88. The number of hydroxylamine groups is 3. The van der Waals surface area contributed by atoms with Crippen molar-refractivity contribution < 1.29 is 9.44 Å². The van der Waals surface area contributed by atoms with Crippen molar-refractivity contribution in [2.75, 3.05) is 26.7 Å². The quantitative estimate of drug-likeness (QED) is 0.487. The number of unbranched alkanes of at least 4 members (excludes halogenated alkanes) is 2. The van der Waals surface area contributed by atoms with Crippen molar-refractivity contribution in [1.82, 2.24) is 5.32 Å². The molecular weight excluding hydrogens is 204 g/mol. The minimum Gasteiger partial charge on any atom is -0.633 e. The highest BCUT2D eigenvalue weighted by Crippen LogP contribution is 2.11. The van der Waals surface area contributed by atoms with Crippen LogP contribution in [0.1, 0.15) is 46.0 Å². The molecule has 16 heavy (non-hydrogen) atoms. The summed E-state index contributed by atoms with van der Waals surface area (Å²) in [6, 6.07) is 0. The van der Waals surface area contributed by atoms with E-state index in [4.69, 9.17) is 0 Å². The van der Waals surface area contributed by atoms with E-state index in [-0.39, 0.29) is 10.6 Å². The molecule has 0 rings (SSSR count). The molecule has 0 aromatic carbocycles. The number of nitrogens with zero attached hydrogens (tertiary/aromatic N) is 1. The topological polar surface area (TPSA) is 52.2 Å². The fraction of sp³-hybridized carbons (Fsp3) is 0.917. The second-order valence-corrected chi connectivity index (χ2v) is 4.36. The van der Waals surface area contributed by atoms with Gasteiger partial charge in [0.1, 0.15) is 0 Å². The van der Waals surface area contributed by atoms with Crippen molar-refractivity contribution in [3.05, 3.63) is 5.21 Å². The summed E-state index contributed by atoms with van der Waals surface area (Å²) in [5, 5.41) is 15.0. The van der Waals surface area contributed by atoms with Gasteiger partial charge in [-0.3, -0.25) is 4.79 Å². The number of quaternary nitrogens is 1. The lowest BCUT2D eigenvalue weighted by molar-refractivity contribution is -0.880. The zero-order chi connectivity index (χ0) is 12.4. The highest BCUT2D eigenvalue weighted by atomic mass is 16.5. The Kier molecular flexibility index (Phi) is 8.21. The molecule has 0 heterocycles. The molecule has 0 unspecified atom stereocenters. The summed E-state index contributed by atoms with van der Waals surface area (Å²) in [4.78, 5) is 11.1. The smallest absolute Gasteiger partial charge is 0.225 e. The molecular formula is C12H26N2O2. The van der Waals surface area contributed by atoms with Gasteiger partial charge < -0.3 is 15.2 Å². The van der Waals surface area contributed by atoms with Crippen LogP contribution in [-0.2, 0) is 4.79 Å². The molecule has 0 aromatic rings. The molecule has 96 valence electrons. The third kappa shape index (κ3) is 6.80. The first-order valence-electron chi connectivity index (χ1n) is 6.35. The maximum atomic E-state index is 12.4. The highest BCUT2D eigenvalue weighted by Gasteiger charge is 2.16. The van der Waals surface area contributed by atoms with Gasteiger partial charge in [-0.15, -0.1) is 0 Å². The van der Waals surface area contributed by atoms with Gasteiger partial charge in [-0.2, -0.15) is 0 Å². The Morgan fingerprint density at radius 3 is 2.00 bits per heavy atom. The van der Waals surface area contributed by atoms with Crippen LogP contribution in [0.25, 0.3) is 0 Å². The molecule has 4 nitrogen and oxygen atoms in total. The van der Waals surface area contributed by atoms with Crippen LogP contribution in [0.3, 0.4) is 0 Å². The van der Waals surface area contributed by atoms with Gasteiger partial charge in [0.25, 0.3) is 0 Å². The van der Waals surface area contributed by atoms with Crippen molar-refractivity contribution in [3.8, 4) is 0 Å². The van der Waals surface area contributed by atoms with Crippen LogP contribution in [0, 0.1) is 5.21 Å². The molecule has 0 aliphatic rings. The van der Waals surface area contributed by atoms with Crippen LogP contribution in [0.15, 0.2) is 0 Å². The van der Waals surface area contributed by atoms with E-state index in [0.29, 0.717) is 26.1 Å². The summed E-state index contributed by atoms with van der Waals surface area (Å²) < 4.78 is -0.199. The average Bonchev–Trinajstić information content (AvgIpc) is 2.31. The SMILES string of the molecule is CCCC[N+]([O-])(CCCC)CCC(=O)NC. The minimum absolute atomic E-state index is 0.0358. The number of hydrogen-bond donors (Lipinski definition) is 1. The minimum atomic E-state index is -0.199. The van der Waals surface area contributed by atoms with Gasteiger partial charge in [0.05, 0.1) is 26.1 Å². The van der Waals surface area contributed by atoms with E-state index in [1.165, 1.54) is 0 Å². The zero-order valence-corrected chi connectivity index (χ0v) is 10.9. The Hall–Kier alpha value is -0.610. The molecule has 0 saturated carbocycles. The van der Waals surface area contributed by atoms with Crippen LogP contribution in [0.2, 0.25) is 0 Å². The Morgan fingerprint density at radius 2 is 1.62 bits per heavy atom. The van der Waals surface area contributed by atoms with Gasteiger partial charge >= 0.3 is 0 Å². The van der Waals surface area contributed by atoms with Gasteiger partial charge in [0, 0.05) is 7.05 Å². The first-order chi connectivity index (χ1) is 7.58. The Morgan fingerprint density at radius 1 is 1.12 bits per heavy atom. The maximum Gasteiger partial charge on any atom is 0.225 e. The molecule has 0 saturated heterocycles. The van der Waals surface area contributed by atoms with E-state index in [9.17, 15) is 10.0 Å². The lowest BCUT2D eigenvalue weighted by Gasteiger charge is -2.43. The summed E-state index contributed by atoms with van der Waals surface area (Å²) in [7, 11) is 1.61. The molecule has 0 atom stereocenters. The van der Waals surface area contributed by atoms with Crippen molar-refractivity contribution in [2.45, 2.75) is 46.0 Å². The summed E-state index contributed by atoms with van der Waals surface area (Å²) in [5.41, 5.74) is 0. The van der Waals surface area contributed by atoms with Crippen LogP contribution in [-0.4, -0.2) is 37.2 Å². The largest absolute Gasteiger partial charge is 0.633 e. The fourth-order valence-corrected chi connectivity index (χ4v) is 1.66. The van der Waals surface area contributed by atoms with Crippen LogP contribution in [0.5, 0.6) is 0 Å². The van der Waals surface area contributed by atoms with Crippen LogP contribution >= 0.6 is 0 Å². The second-order valence-electron chi connectivity index (χ2n) is 4.36. The summed E-state index contributed by atoms with van der Waals surface area (Å²) in [6.07, 6.45) is 4.30. The fourth-order valence-electron chi connectivity index (χ4n) is 1.66. The van der Waals surface area contributed by atoms with E-state index in [1.807, 2.05) is 0 Å². The van der Waals surface area contributed by atoms with Gasteiger partial charge in [-0.25, -0.2) is 0 Å². The molecule has 0 spiro atoms. The monoisotopic (exact) mass is 230 g/mol. The van der Waals surface area contributed by atoms with Gasteiger partial charge in [0.15, 0.2) is 0 Å². The summed E-state index contributed by atoms with van der Waals surface area (Å²) in [5.74, 6) is -0.0358. The predicted octanol–water partition coefficient (Wildman–Crippen LogP) is 2.04. The Labute approximate surface area is 99.2 Å². The zero-order valence-electron chi connectivity index (χ0n) is 10.9. The van der Waals surface area contributed by atoms with Gasteiger partial charge in [-0.1, -0.05) is 26.7 Å². The molecule has 0 aromatic heterocycles. The van der Waals surface area contributed by atoms with Crippen molar-refractivity contribution in [2.24, 2.45) is 0 Å². The van der Waals surface area contributed by atoms with E-state index in [1.54, 1.807) is 7.05 Å². The molecule has 0 bridgehead atoms. The Bertz CT molecular complexity index is 187. The van der Waals surface area contributed by atoms with Crippen molar-refractivity contribution in [1.29, 1.82) is 0 Å². The van der Waals surface area contributed by atoms with E-state index in [0.717, 1.165) is 25.7 Å². The molecule has 0 radical (unpaired) electrons. The van der Waals surface area contributed by atoms with E-state index >= 15 is 0 Å². The number of carbonyl (C=O) groups excluding carboxylic acids is 1. The normalized spacial score (nSPS) is 11.5. The number of rotatable bonds is 9. The number of nitrogens with one attached hydrogen (secondary N) is 1. The molecule has 0 aliphatic carbocycles. The average molecular weight is 230 g/mol. The second kappa shape index (κ2) is 8.53. The van der Waals surface area contributed by atoms with Crippen LogP contribution < -0.4 is 5.32 Å². The maximum absolute atomic E-state index is 12.4. The number of carbonyl (C=O) groups is 1. The lowest BCUT2D eigenvalue weighted by atomic mass is 10.2. The lowest BCUT2D eigenvalue weighted by Crippen LogP contribution is -2.45.